The zero-order valence-electron chi connectivity index (χ0n) is 20.7. The molecule has 1 saturated heterocycles. The third-order valence-electron chi connectivity index (χ3n) is 6.49. The molecule has 1 N–H and O–H groups in total. The first-order valence-corrected chi connectivity index (χ1v) is 12.5. The number of nitrogens with zero attached hydrogens (tertiary/aromatic N) is 2. The van der Waals surface area contributed by atoms with E-state index in [1.807, 2.05) is 66.7 Å². The maximum atomic E-state index is 13.5. The van der Waals surface area contributed by atoms with E-state index in [0.717, 1.165) is 29.9 Å². The van der Waals surface area contributed by atoms with Gasteiger partial charge in [-0.05, 0) is 61.4 Å². The first-order valence-electron chi connectivity index (χ1n) is 12.2. The van der Waals surface area contributed by atoms with Crippen molar-refractivity contribution in [1.29, 1.82) is 0 Å². The second-order valence-corrected chi connectivity index (χ2v) is 9.86. The molecule has 1 fully saturated rings. The minimum atomic E-state index is -1.10. The van der Waals surface area contributed by atoms with Crippen molar-refractivity contribution < 1.29 is 14.3 Å². The SMILES string of the molecule is CC(C)(C(=O)Nc1ccc(N2CCOCC2)cc1)N(Cc1ccc(Cl)cc1)C(=O)Cc1ccccc1. The fourth-order valence-electron chi connectivity index (χ4n) is 4.22. The lowest BCUT2D eigenvalue weighted by atomic mass is 9.98. The van der Waals surface area contributed by atoms with E-state index in [2.05, 4.69) is 10.2 Å². The molecule has 3 aromatic rings. The van der Waals surface area contributed by atoms with Gasteiger partial charge in [0.2, 0.25) is 11.8 Å². The topological polar surface area (TPSA) is 61.9 Å². The molecule has 1 aliphatic rings. The van der Waals surface area contributed by atoms with E-state index in [4.69, 9.17) is 16.3 Å². The van der Waals surface area contributed by atoms with Crippen molar-refractivity contribution in [3.05, 3.63) is 95.0 Å². The number of ether oxygens (including phenoxy) is 1. The van der Waals surface area contributed by atoms with Gasteiger partial charge in [0.05, 0.1) is 19.6 Å². The summed E-state index contributed by atoms with van der Waals surface area (Å²) in [6.45, 7) is 6.98. The van der Waals surface area contributed by atoms with Crippen LogP contribution in [0, 0.1) is 0 Å². The third-order valence-corrected chi connectivity index (χ3v) is 6.74. The molecule has 0 atom stereocenters. The van der Waals surface area contributed by atoms with Gasteiger partial charge in [-0.15, -0.1) is 0 Å². The number of carbonyl (C=O) groups is 2. The van der Waals surface area contributed by atoms with Crippen molar-refractivity contribution in [2.75, 3.05) is 36.5 Å². The number of rotatable bonds is 8. The number of amides is 2. The number of nitrogens with one attached hydrogen (secondary N) is 1. The van der Waals surface area contributed by atoms with Gasteiger partial charge in [-0.2, -0.15) is 0 Å². The summed E-state index contributed by atoms with van der Waals surface area (Å²) < 4.78 is 5.43. The van der Waals surface area contributed by atoms with Crippen LogP contribution in [-0.2, 0) is 27.3 Å². The second-order valence-electron chi connectivity index (χ2n) is 9.43. The molecule has 0 spiro atoms. The molecule has 1 heterocycles. The highest BCUT2D eigenvalue weighted by molar-refractivity contribution is 6.30. The van der Waals surface area contributed by atoms with Crippen molar-refractivity contribution >= 4 is 34.8 Å². The monoisotopic (exact) mass is 505 g/mol. The lowest BCUT2D eigenvalue weighted by Crippen LogP contribution is -2.55. The van der Waals surface area contributed by atoms with E-state index < -0.39 is 5.54 Å². The predicted octanol–water partition coefficient (Wildman–Crippen LogP) is 5.17. The Balaban J connectivity index is 1.51. The van der Waals surface area contributed by atoms with E-state index in [0.29, 0.717) is 30.5 Å². The number of hydrogen-bond donors (Lipinski definition) is 1. The van der Waals surface area contributed by atoms with Gasteiger partial charge in [0, 0.05) is 36.0 Å². The van der Waals surface area contributed by atoms with Crippen LogP contribution in [0.2, 0.25) is 5.02 Å². The van der Waals surface area contributed by atoms with Crippen LogP contribution in [0.25, 0.3) is 0 Å². The Morgan fingerprint density at radius 1 is 0.917 bits per heavy atom. The lowest BCUT2D eigenvalue weighted by Gasteiger charge is -2.37. The normalized spacial score (nSPS) is 13.8. The van der Waals surface area contributed by atoms with Gasteiger partial charge in [0.15, 0.2) is 0 Å². The Labute approximate surface area is 217 Å². The quantitative estimate of drug-likeness (QED) is 0.459. The molecule has 4 rings (SSSR count). The molecule has 7 heteroatoms. The molecule has 0 bridgehead atoms. The van der Waals surface area contributed by atoms with Gasteiger partial charge in [0.1, 0.15) is 5.54 Å². The van der Waals surface area contributed by atoms with Crippen LogP contribution in [0.5, 0.6) is 0 Å². The van der Waals surface area contributed by atoms with Gasteiger partial charge >= 0.3 is 0 Å². The zero-order chi connectivity index (χ0) is 25.5. The number of benzene rings is 3. The summed E-state index contributed by atoms with van der Waals surface area (Å²) >= 11 is 6.06. The van der Waals surface area contributed by atoms with Crippen molar-refractivity contribution in [2.45, 2.75) is 32.4 Å². The Kier molecular flexibility index (Phi) is 8.28. The highest BCUT2D eigenvalue weighted by atomic mass is 35.5. The van der Waals surface area contributed by atoms with E-state index in [1.165, 1.54) is 0 Å². The predicted molar refractivity (Wildman–Crippen MR) is 144 cm³/mol. The van der Waals surface area contributed by atoms with Crippen LogP contribution < -0.4 is 10.2 Å². The van der Waals surface area contributed by atoms with E-state index in [-0.39, 0.29) is 18.2 Å². The minimum Gasteiger partial charge on any atom is -0.378 e. The molecule has 1 aliphatic heterocycles. The molecule has 6 nitrogen and oxygen atoms in total. The number of anilines is 2. The van der Waals surface area contributed by atoms with E-state index in [1.54, 1.807) is 30.9 Å². The van der Waals surface area contributed by atoms with Gasteiger partial charge in [-0.3, -0.25) is 9.59 Å². The molecule has 0 aliphatic carbocycles. The molecule has 2 amide bonds. The standard InChI is InChI=1S/C29H32ClN3O3/c1-29(2,28(35)31-25-12-14-26(15-13-25)32-16-18-36-19-17-32)33(21-23-8-10-24(30)11-9-23)27(34)20-22-6-4-3-5-7-22/h3-15H,16-21H2,1-2H3,(H,31,35). The van der Waals surface area contributed by atoms with Crippen molar-refractivity contribution in [3.63, 3.8) is 0 Å². The molecule has 0 unspecified atom stereocenters. The summed E-state index contributed by atoms with van der Waals surface area (Å²) in [6.07, 6.45) is 0.208. The van der Waals surface area contributed by atoms with Crippen LogP contribution in [0.15, 0.2) is 78.9 Å². The van der Waals surface area contributed by atoms with Crippen LogP contribution in [0.3, 0.4) is 0 Å². The van der Waals surface area contributed by atoms with Crippen molar-refractivity contribution in [1.82, 2.24) is 4.90 Å². The van der Waals surface area contributed by atoms with Crippen molar-refractivity contribution in [3.8, 4) is 0 Å². The Hall–Kier alpha value is -3.35. The molecule has 36 heavy (non-hydrogen) atoms. The highest BCUT2D eigenvalue weighted by Gasteiger charge is 2.38. The van der Waals surface area contributed by atoms with Crippen LogP contribution >= 0.6 is 11.6 Å². The lowest BCUT2D eigenvalue weighted by molar-refractivity contribution is -0.144. The molecule has 188 valence electrons. The first-order chi connectivity index (χ1) is 17.3. The Bertz CT molecular complexity index is 1160. The summed E-state index contributed by atoms with van der Waals surface area (Å²) in [5, 5.41) is 3.63. The second kappa shape index (κ2) is 11.6. The fourth-order valence-corrected chi connectivity index (χ4v) is 4.35. The van der Waals surface area contributed by atoms with Gasteiger partial charge < -0.3 is 19.9 Å². The maximum Gasteiger partial charge on any atom is 0.249 e. The smallest absolute Gasteiger partial charge is 0.249 e. The number of halogens is 1. The first kappa shape index (κ1) is 25.7. The molecular weight excluding hydrogens is 474 g/mol. The minimum absolute atomic E-state index is 0.126. The average molecular weight is 506 g/mol. The Morgan fingerprint density at radius 3 is 2.19 bits per heavy atom. The largest absolute Gasteiger partial charge is 0.378 e. The maximum absolute atomic E-state index is 13.5. The van der Waals surface area contributed by atoms with E-state index >= 15 is 0 Å². The highest BCUT2D eigenvalue weighted by Crippen LogP contribution is 2.25. The van der Waals surface area contributed by atoms with Crippen LogP contribution in [0.1, 0.15) is 25.0 Å². The summed E-state index contributed by atoms with van der Waals surface area (Å²) in [6, 6.07) is 24.7. The van der Waals surface area contributed by atoms with E-state index in [9.17, 15) is 9.59 Å². The summed E-state index contributed by atoms with van der Waals surface area (Å²) in [5.74, 6) is -0.379. The summed E-state index contributed by atoms with van der Waals surface area (Å²) in [4.78, 5) is 30.9. The van der Waals surface area contributed by atoms with Gasteiger partial charge in [0.25, 0.3) is 0 Å². The fraction of sp³-hybridized carbons (Fsp3) is 0.310. The summed E-state index contributed by atoms with van der Waals surface area (Å²) in [7, 11) is 0. The summed E-state index contributed by atoms with van der Waals surface area (Å²) in [5.41, 5.74) is 2.48. The number of hydrogen-bond acceptors (Lipinski definition) is 4. The van der Waals surface area contributed by atoms with Gasteiger partial charge in [-0.1, -0.05) is 54.1 Å². The zero-order valence-corrected chi connectivity index (χ0v) is 21.5. The third kappa shape index (κ3) is 6.45. The van der Waals surface area contributed by atoms with Crippen molar-refractivity contribution in [2.24, 2.45) is 0 Å². The van der Waals surface area contributed by atoms with Crippen LogP contribution in [0.4, 0.5) is 11.4 Å². The van der Waals surface area contributed by atoms with Crippen LogP contribution in [-0.4, -0.2) is 48.6 Å². The molecule has 0 saturated carbocycles. The molecule has 0 radical (unpaired) electrons. The molecular formula is C29H32ClN3O3. The number of carbonyl (C=O) groups excluding carboxylic acids is 2. The Morgan fingerprint density at radius 2 is 1.56 bits per heavy atom. The molecule has 3 aromatic carbocycles. The number of morpholine rings is 1. The molecule has 0 aromatic heterocycles. The average Bonchev–Trinajstić information content (AvgIpc) is 2.89. The van der Waals surface area contributed by atoms with Gasteiger partial charge in [-0.25, -0.2) is 0 Å².